The fourth-order valence-corrected chi connectivity index (χ4v) is 4.40. The molecule has 0 spiro atoms. The standard InChI is InChI=1S/C22H31BrN4O.HI/c1-16-7-9-17(10-8-16)21-18(6-5-11-28-21)13-25-22(24-2)27(4)15-20-12-19(23)14-26(20)3;/h7-10,12,14,18,21H,5-6,11,13,15H2,1-4H3,(H,24,25);1H. The zero-order valence-corrected chi connectivity index (χ0v) is 21.6. The summed E-state index contributed by atoms with van der Waals surface area (Å²) in [6.07, 6.45) is 4.50. The van der Waals surface area contributed by atoms with Crippen molar-refractivity contribution in [2.45, 2.75) is 32.4 Å². The van der Waals surface area contributed by atoms with Crippen LogP contribution < -0.4 is 5.32 Å². The van der Waals surface area contributed by atoms with E-state index in [9.17, 15) is 0 Å². The molecule has 1 fully saturated rings. The lowest BCUT2D eigenvalue weighted by Gasteiger charge is -2.33. The molecule has 2 unspecified atom stereocenters. The summed E-state index contributed by atoms with van der Waals surface area (Å²) < 4.78 is 9.39. The molecule has 160 valence electrons. The van der Waals surface area contributed by atoms with E-state index in [0.29, 0.717) is 5.92 Å². The first kappa shape index (κ1) is 24.2. The molecule has 0 radical (unpaired) electrons. The molecular weight excluding hydrogens is 543 g/mol. The molecular formula is C22H32BrIN4O. The molecule has 2 aromatic rings. The maximum atomic E-state index is 6.16. The summed E-state index contributed by atoms with van der Waals surface area (Å²) in [7, 11) is 5.98. The zero-order chi connectivity index (χ0) is 20.1. The summed E-state index contributed by atoms with van der Waals surface area (Å²) >= 11 is 3.54. The van der Waals surface area contributed by atoms with Crippen LogP contribution in [0.15, 0.2) is 46.0 Å². The Morgan fingerprint density at radius 2 is 2.07 bits per heavy atom. The molecule has 3 rings (SSSR count). The highest BCUT2D eigenvalue weighted by Gasteiger charge is 2.27. The smallest absolute Gasteiger partial charge is 0.193 e. The molecule has 7 heteroatoms. The van der Waals surface area contributed by atoms with Crippen LogP contribution in [0.4, 0.5) is 0 Å². The first-order chi connectivity index (χ1) is 13.5. The average Bonchev–Trinajstić information content (AvgIpc) is 3.00. The van der Waals surface area contributed by atoms with Crippen molar-refractivity contribution in [3.63, 3.8) is 0 Å². The lowest BCUT2D eigenvalue weighted by atomic mass is 9.89. The molecule has 1 saturated heterocycles. The van der Waals surface area contributed by atoms with E-state index in [-0.39, 0.29) is 30.1 Å². The molecule has 0 amide bonds. The second kappa shape index (κ2) is 11.4. The van der Waals surface area contributed by atoms with Crippen molar-refractivity contribution in [3.05, 3.63) is 57.8 Å². The molecule has 29 heavy (non-hydrogen) atoms. The van der Waals surface area contributed by atoms with Crippen molar-refractivity contribution in [2.24, 2.45) is 18.0 Å². The summed E-state index contributed by atoms with van der Waals surface area (Å²) in [5.41, 5.74) is 3.79. The Hall–Kier alpha value is -1.06. The van der Waals surface area contributed by atoms with Gasteiger partial charge in [0.1, 0.15) is 0 Å². The fourth-order valence-electron chi connectivity index (χ4n) is 3.83. The number of nitrogens with one attached hydrogen (secondary N) is 1. The summed E-state index contributed by atoms with van der Waals surface area (Å²) in [4.78, 5) is 6.64. The summed E-state index contributed by atoms with van der Waals surface area (Å²) in [6.45, 7) is 4.61. The van der Waals surface area contributed by atoms with Gasteiger partial charge in [-0.2, -0.15) is 0 Å². The molecule has 1 aromatic heterocycles. The van der Waals surface area contributed by atoms with Gasteiger partial charge in [-0.1, -0.05) is 29.8 Å². The maximum Gasteiger partial charge on any atom is 0.193 e. The van der Waals surface area contributed by atoms with Gasteiger partial charge in [-0.25, -0.2) is 0 Å². The number of ether oxygens (including phenoxy) is 1. The Kier molecular flexibility index (Phi) is 9.49. The van der Waals surface area contributed by atoms with Crippen molar-refractivity contribution < 1.29 is 4.74 Å². The molecule has 0 saturated carbocycles. The van der Waals surface area contributed by atoms with Gasteiger partial charge in [0.2, 0.25) is 0 Å². The van der Waals surface area contributed by atoms with Crippen LogP contribution in [0.3, 0.4) is 0 Å². The van der Waals surface area contributed by atoms with Crippen molar-refractivity contribution in [1.29, 1.82) is 0 Å². The lowest BCUT2D eigenvalue weighted by Crippen LogP contribution is -2.42. The molecule has 0 aliphatic carbocycles. The minimum absolute atomic E-state index is 0. The number of hydrogen-bond acceptors (Lipinski definition) is 2. The average molecular weight is 575 g/mol. The molecule has 2 atom stereocenters. The first-order valence-electron chi connectivity index (χ1n) is 9.88. The van der Waals surface area contributed by atoms with Gasteiger partial charge in [-0.15, -0.1) is 24.0 Å². The number of halogens is 2. The van der Waals surface area contributed by atoms with E-state index in [1.54, 1.807) is 0 Å². The van der Waals surface area contributed by atoms with E-state index < -0.39 is 0 Å². The van der Waals surface area contributed by atoms with Crippen LogP contribution in [0.25, 0.3) is 0 Å². The third kappa shape index (κ3) is 6.46. The second-order valence-corrected chi connectivity index (χ2v) is 8.56. The summed E-state index contributed by atoms with van der Waals surface area (Å²) in [6, 6.07) is 10.9. The number of hydrogen-bond donors (Lipinski definition) is 1. The van der Waals surface area contributed by atoms with E-state index in [2.05, 4.69) is 93.3 Å². The van der Waals surface area contributed by atoms with Gasteiger partial charge >= 0.3 is 0 Å². The number of guanidine groups is 1. The molecule has 0 bridgehead atoms. The number of rotatable bonds is 5. The third-order valence-corrected chi connectivity index (χ3v) is 5.85. The fraction of sp³-hybridized carbons (Fsp3) is 0.500. The minimum atomic E-state index is 0. The SMILES string of the molecule is CN=C(NCC1CCCOC1c1ccc(C)cc1)N(C)Cc1cc(Br)cn1C.I. The number of nitrogens with zero attached hydrogens (tertiary/aromatic N) is 3. The van der Waals surface area contributed by atoms with Crippen molar-refractivity contribution in [2.75, 3.05) is 27.2 Å². The topological polar surface area (TPSA) is 41.8 Å². The molecule has 2 heterocycles. The van der Waals surface area contributed by atoms with Crippen LogP contribution in [-0.4, -0.2) is 42.7 Å². The highest BCUT2D eigenvalue weighted by molar-refractivity contribution is 14.0. The molecule has 1 aliphatic heterocycles. The Bertz CT molecular complexity index is 806. The zero-order valence-electron chi connectivity index (χ0n) is 17.7. The Morgan fingerprint density at radius 1 is 1.34 bits per heavy atom. The molecule has 1 aliphatic rings. The minimum Gasteiger partial charge on any atom is -0.373 e. The summed E-state index contributed by atoms with van der Waals surface area (Å²) in [5.74, 6) is 1.34. The van der Waals surface area contributed by atoms with Gasteiger partial charge in [0, 0.05) is 56.6 Å². The normalized spacial score (nSPS) is 19.6. The van der Waals surface area contributed by atoms with Crippen LogP contribution in [0.5, 0.6) is 0 Å². The van der Waals surface area contributed by atoms with Crippen molar-refractivity contribution in [1.82, 2.24) is 14.8 Å². The number of aromatic nitrogens is 1. The van der Waals surface area contributed by atoms with Crippen LogP contribution >= 0.6 is 39.9 Å². The monoisotopic (exact) mass is 574 g/mol. The van der Waals surface area contributed by atoms with E-state index in [0.717, 1.165) is 43.0 Å². The second-order valence-electron chi connectivity index (χ2n) is 7.65. The van der Waals surface area contributed by atoms with E-state index in [4.69, 9.17) is 4.74 Å². The maximum absolute atomic E-state index is 6.16. The van der Waals surface area contributed by atoms with Crippen LogP contribution in [-0.2, 0) is 18.3 Å². The van der Waals surface area contributed by atoms with Gasteiger partial charge in [0.25, 0.3) is 0 Å². The van der Waals surface area contributed by atoms with Crippen molar-refractivity contribution in [3.8, 4) is 0 Å². The highest BCUT2D eigenvalue weighted by Crippen LogP contribution is 2.33. The van der Waals surface area contributed by atoms with Crippen LogP contribution in [0.2, 0.25) is 0 Å². The molecule has 1 aromatic carbocycles. The largest absolute Gasteiger partial charge is 0.373 e. The van der Waals surface area contributed by atoms with E-state index >= 15 is 0 Å². The van der Waals surface area contributed by atoms with Crippen LogP contribution in [0.1, 0.15) is 35.8 Å². The Labute approximate surface area is 200 Å². The Morgan fingerprint density at radius 3 is 2.69 bits per heavy atom. The molecule has 1 N–H and O–H groups in total. The predicted molar refractivity (Wildman–Crippen MR) is 134 cm³/mol. The Balaban J connectivity index is 0.00000300. The molecule has 5 nitrogen and oxygen atoms in total. The van der Waals surface area contributed by atoms with Gasteiger partial charge in [0.05, 0.1) is 12.6 Å². The van der Waals surface area contributed by atoms with E-state index in [1.165, 1.54) is 16.8 Å². The third-order valence-electron chi connectivity index (χ3n) is 5.42. The summed E-state index contributed by atoms with van der Waals surface area (Å²) in [5, 5.41) is 3.57. The highest BCUT2D eigenvalue weighted by atomic mass is 127. The quantitative estimate of drug-likeness (QED) is 0.314. The number of aryl methyl sites for hydroxylation is 2. The predicted octanol–water partition coefficient (Wildman–Crippen LogP) is 4.89. The van der Waals surface area contributed by atoms with Gasteiger partial charge in [0.15, 0.2) is 5.96 Å². The van der Waals surface area contributed by atoms with Gasteiger partial charge in [-0.05, 0) is 47.3 Å². The lowest BCUT2D eigenvalue weighted by molar-refractivity contribution is -0.0266. The number of aliphatic imine (C=N–C) groups is 1. The van der Waals surface area contributed by atoms with Gasteiger partial charge < -0.3 is 19.5 Å². The van der Waals surface area contributed by atoms with E-state index in [1.807, 2.05) is 7.05 Å². The van der Waals surface area contributed by atoms with Crippen LogP contribution in [0, 0.1) is 12.8 Å². The van der Waals surface area contributed by atoms with Crippen molar-refractivity contribution >= 4 is 45.9 Å². The first-order valence-corrected chi connectivity index (χ1v) is 10.7. The number of benzene rings is 1. The van der Waals surface area contributed by atoms with Gasteiger partial charge in [-0.3, -0.25) is 4.99 Å².